The number of ether oxygens (including phenoxy) is 1. The summed E-state index contributed by atoms with van der Waals surface area (Å²) >= 11 is 0. The number of carbonyl (C=O) groups is 1. The first-order chi connectivity index (χ1) is 15.7. The predicted octanol–water partition coefficient (Wildman–Crippen LogP) is 6.98. The third-order valence-corrected chi connectivity index (χ3v) is 5.96. The molecule has 1 amide bonds. The van der Waals surface area contributed by atoms with Crippen molar-refractivity contribution < 1.29 is 9.53 Å². The highest BCUT2D eigenvalue weighted by Gasteiger charge is 2.14. The molecule has 176 valence electrons. The van der Waals surface area contributed by atoms with Crippen molar-refractivity contribution >= 4 is 5.91 Å². The van der Waals surface area contributed by atoms with Crippen LogP contribution in [0.5, 0.6) is 5.75 Å². The van der Waals surface area contributed by atoms with Gasteiger partial charge >= 0.3 is 0 Å². The van der Waals surface area contributed by atoms with E-state index in [0.29, 0.717) is 19.5 Å². The summed E-state index contributed by atoms with van der Waals surface area (Å²) in [6.07, 6.45) is 15.9. The molecule has 0 saturated heterocycles. The minimum atomic E-state index is 0.224. The minimum Gasteiger partial charge on any atom is -0.497 e. The molecule has 0 N–H and O–H groups in total. The maximum Gasteiger partial charge on any atom is 0.223 e. The monoisotopic (exact) mass is 438 g/mol. The molecule has 0 fully saturated rings. The van der Waals surface area contributed by atoms with Crippen molar-refractivity contribution in [2.24, 2.45) is 0 Å². The second-order valence-electron chi connectivity index (χ2n) is 8.62. The maximum atomic E-state index is 12.9. The Morgan fingerprint density at radius 3 is 2.44 bits per heavy atom. The lowest BCUT2D eigenvalue weighted by molar-refractivity contribution is -0.131. The van der Waals surface area contributed by atoms with Gasteiger partial charge in [-0.05, 0) is 36.2 Å². The van der Waals surface area contributed by atoms with Crippen molar-refractivity contribution in [1.29, 1.82) is 0 Å². The number of nitrogens with zero attached hydrogens (tertiary/aromatic N) is 2. The first-order valence-electron chi connectivity index (χ1n) is 12.3. The van der Waals surface area contributed by atoms with Crippen LogP contribution in [-0.4, -0.2) is 29.0 Å². The molecule has 0 spiro atoms. The summed E-state index contributed by atoms with van der Waals surface area (Å²) in [7, 11) is 1.69. The van der Waals surface area contributed by atoms with Crippen molar-refractivity contribution in [3.8, 4) is 5.75 Å². The molecule has 0 saturated carbocycles. The second-order valence-corrected chi connectivity index (χ2v) is 8.62. The number of methoxy groups -OCH3 is 1. The fourth-order valence-corrected chi connectivity index (χ4v) is 4.07. The molecule has 1 aromatic heterocycles. The quantitative estimate of drug-likeness (QED) is 0.197. The standard InChI is InChI=1S/C28H42N2O2/c1-4-6-7-8-9-10-11-12-13-19-28(31)30(20-5-2)24-26-17-15-21-29(26)23-25-16-14-18-27(22-25)32-3/h5,14-18,21-22H,2,4,6-13,19-20,23-24H2,1,3H3. The van der Waals surface area contributed by atoms with Crippen LogP contribution in [0, 0.1) is 0 Å². The Balaban J connectivity index is 1.81. The third-order valence-electron chi connectivity index (χ3n) is 5.96. The number of unbranched alkanes of at least 4 members (excludes halogenated alkanes) is 8. The Hall–Kier alpha value is -2.49. The lowest BCUT2D eigenvalue weighted by Gasteiger charge is -2.22. The van der Waals surface area contributed by atoms with Crippen LogP contribution in [0.2, 0.25) is 0 Å². The van der Waals surface area contributed by atoms with E-state index >= 15 is 0 Å². The van der Waals surface area contributed by atoms with E-state index in [9.17, 15) is 4.79 Å². The molecule has 0 bridgehead atoms. The molecule has 1 aromatic carbocycles. The Kier molecular flexibility index (Phi) is 12.3. The first kappa shape index (κ1) is 25.8. The highest BCUT2D eigenvalue weighted by Crippen LogP contribution is 2.17. The van der Waals surface area contributed by atoms with E-state index in [0.717, 1.165) is 30.8 Å². The van der Waals surface area contributed by atoms with Gasteiger partial charge in [-0.15, -0.1) is 6.58 Å². The van der Waals surface area contributed by atoms with Gasteiger partial charge in [-0.2, -0.15) is 0 Å². The average Bonchev–Trinajstić information content (AvgIpc) is 3.24. The topological polar surface area (TPSA) is 34.5 Å². The molecule has 4 nitrogen and oxygen atoms in total. The summed E-state index contributed by atoms with van der Waals surface area (Å²) in [5, 5.41) is 0. The molecule has 0 aliphatic carbocycles. The van der Waals surface area contributed by atoms with Crippen LogP contribution in [0.4, 0.5) is 0 Å². The molecule has 32 heavy (non-hydrogen) atoms. The van der Waals surface area contributed by atoms with Gasteiger partial charge in [-0.3, -0.25) is 4.79 Å². The van der Waals surface area contributed by atoms with Crippen LogP contribution in [0.1, 0.15) is 82.4 Å². The van der Waals surface area contributed by atoms with E-state index in [4.69, 9.17) is 4.74 Å². The zero-order valence-electron chi connectivity index (χ0n) is 20.2. The van der Waals surface area contributed by atoms with Gasteiger partial charge in [0.15, 0.2) is 0 Å². The van der Waals surface area contributed by atoms with Crippen molar-refractivity contribution in [3.05, 3.63) is 66.5 Å². The summed E-state index contributed by atoms with van der Waals surface area (Å²) in [4.78, 5) is 14.8. The Morgan fingerprint density at radius 1 is 1.03 bits per heavy atom. The zero-order valence-corrected chi connectivity index (χ0v) is 20.2. The minimum absolute atomic E-state index is 0.224. The van der Waals surface area contributed by atoms with E-state index < -0.39 is 0 Å². The smallest absolute Gasteiger partial charge is 0.223 e. The van der Waals surface area contributed by atoms with Crippen molar-refractivity contribution in [2.45, 2.75) is 84.2 Å². The summed E-state index contributed by atoms with van der Waals surface area (Å²) < 4.78 is 7.55. The number of hydrogen-bond acceptors (Lipinski definition) is 2. The number of benzene rings is 1. The summed E-state index contributed by atoms with van der Waals surface area (Å²) in [5.41, 5.74) is 2.31. The molecule has 4 heteroatoms. The molecule has 0 aliphatic heterocycles. The Bertz CT molecular complexity index is 796. The lowest BCUT2D eigenvalue weighted by atomic mass is 10.1. The molecule has 0 aliphatic rings. The van der Waals surface area contributed by atoms with Gasteiger partial charge < -0.3 is 14.2 Å². The van der Waals surface area contributed by atoms with E-state index in [1.165, 1.54) is 50.5 Å². The SMILES string of the molecule is C=CCN(Cc1cccn1Cc1cccc(OC)c1)C(=O)CCCCCCCCCCC. The van der Waals surface area contributed by atoms with E-state index in [1.807, 2.05) is 29.2 Å². The van der Waals surface area contributed by atoms with Crippen molar-refractivity contribution in [3.63, 3.8) is 0 Å². The highest BCUT2D eigenvalue weighted by atomic mass is 16.5. The van der Waals surface area contributed by atoms with Gasteiger partial charge in [-0.1, -0.05) is 76.5 Å². The number of rotatable bonds is 17. The highest BCUT2D eigenvalue weighted by molar-refractivity contribution is 5.76. The number of aromatic nitrogens is 1. The number of hydrogen-bond donors (Lipinski definition) is 0. The summed E-state index contributed by atoms with van der Waals surface area (Å²) in [6.45, 7) is 8.06. The van der Waals surface area contributed by atoms with Crippen LogP contribution >= 0.6 is 0 Å². The van der Waals surface area contributed by atoms with E-state index in [2.05, 4.69) is 42.5 Å². The zero-order chi connectivity index (χ0) is 23.0. The van der Waals surface area contributed by atoms with Crippen LogP contribution in [0.3, 0.4) is 0 Å². The fourth-order valence-electron chi connectivity index (χ4n) is 4.07. The molecule has 2 rings (SSSR count). The predicted molar refractivity (Wildman–Crippen MR) is 134 cm³/mol. The third kappa shape index (κ3) is 9.33. The van der Waals surface area contributed by atoms with Crippen molar-refractivity contribution in [2.75, 3.05) is 13.7 Å². The van der Waals surface area contributed by atoms with E-state index in [1.54, 1.807) is 7.11 Å². The molecule has 1 heterocycles. The normalized spacial score (nSPS) is 10.8. The average molecular weight is 439 g/mol. The van der Waals surface area contributed by atoms with Gasteiger partial charge in [0.25, 0.3) is 0 Å². The van der Waals surface area contributed by atoms with Gasteiger partial charge in [0.2, 0.25) is 5.91 Å². The molecule has 2 aromatic rings. The molecular weight excluding hydrogens is 396 g/mol. The Labute approximate surface area is 195 Å². The van der Waals surface area contributed by atoms with Crippen LogP contribution in [-0.2, 0) is 17.9 Å². The molecule has 0 atom stereocenters. The fraction of sp³-hybridized carbons (Fsp3) is 0.536. The van der Waals surface area contributed by atoms with Gasteiger partial charge in [0, 0.05) is 31.4 Å². The van der Waals surface area contributed by atoms with Gasteiger partial charge in [-0.25, -0.2) is 0 Å². The lowest BCUT2D eigenvalue weighted by Crippen LogP contribution is -2.31. The van der Waals surface area contributed by atoms with E-state index in [-0.39, 0.29) is 5.91 Å². The summed E-state index contributed by atoms with van der Waals surface area (Å²) in [6, 6.07) is 12.3. The molecule has 0 unspecified atom stereocenters. The van der Waals surface area contributed by atoms with Gasteiger partial charge in [0.1, 0.15) is 5.75 Å². The number of carbonyl (C=O) groups excluding carboxylic acids is 1. The van der Waals surface area contributed by atoms with Crippen LogP contribution in [0.25, 0.3) is 0 Å². The summed E-state index contributed by atoms with van der Waals surface area (Å²) in [5.74, 6) is 1.09. The van der Waals surface area contributed by atoms with Gasteiger partial charge in [0.05, 0.1) is 13.7 Å². The molecule has 0 radical (unpaired) electrons. The van der Waals surface area contributed by atoms with Crippen LogP contribution in [0.15, 0.2) is 55.3 Å². The second kappa shape index (κ2) is 15.3. The Morgan fingerprint density at radius 2 is 1.75 bits per heavy atom. The van der Waals surface area contributed by atoms with Crippen molar-refractivity contribution in [1.82, 2.24) is 9.47 Å². The van der Waals surface area contributed by atoms with Crippen LogP contribution < -0.4 is 4.74 Å². The maximum absolute atomic E-state index is 12.9. The number of amides is 1. The molecular formula is C28H42N2O2. The largest absolute Gasteiger partial charge is 0.497 e. The first-order valence-corrected chi connectivity index (χ1v) is 12.3.